The molecule has 54 heteroatoms. The van der Waals surface area contributed by atoms with Crippen LogP contribution in [-0.4, -0.2) is 125 Å². The molecule has 0 atom stereocenters. The quantitative estimate of drug-likeness (QED) is 0.00612. The van der Waals surface area contributed by atoms with Crippen LogP contribution in [0.15, 0.2) is 222 Å². The minimum Gasteiger partial charge on any atom is -0.351 e. The lowest BCUT2D eigenvalue weighted by Crippen LogP contribution is -2.19. The summed E-state index contributed by atoms with van der Waals surface area (Å²) in [6, 6.07) is 34.5. The van der Waals surface area contributed by atoms with Crippen LogP contribution < -0.4 is 43.4 Å². The van der Waals surface area contributed by atoms with Crippen molar-refractivity contribution in [2.75, 3.05) is 44.3 Å². The van der Waals surface area contributed by atoms with Gasteiger partial charge in [-0.1, -0.05) is 35.7 Å². The number of rotatable bonds is 32. The number of amides is 4. The van der Waals surface area contributed by atoms with Crippen LogP contribution in [0.3, 0.4) is 0 Å². The van der Waals surface area contributed by atoms with Crippen molar-refractivity contribution in [3.05, 3.63) is 190 Å². The Kier molecular flexibility index (Phi) is 31.2. The van der Waals surface area contributed by atoms with Gasteiger partial charge in [-0.3, -0.25) is 18.2 Å². The van der Waals surface area contributed by atoms with E-state index >= 15 is 0 Å². The minimum atomic E-state index is -4.96. The van der Waals surface area contributed by atoms with Crippen molar-refractivity contribution in [3.63, 3.8) is 0 Å². The number of sulfone groups is 1. The number of aromatic nitrogens is 6. The number of anilines is 10. The second-order valence-corrected chi connectivity index (χ2v) is 34.1. The standard InChI is InChI=1S/C35H30ClN11O10S3.C32H30ClN11O13S4.CH4/c1-17-5-4-6-21(9-17)38-34-41-32(36)42-35(43-34)39-22-7-8-25(28(14-22)40-33(37)48)44-45-26-10-19(3)27(11-18(26)2)46-47-29-16-24-20(13-31(29)60(53,54)55)12-23(58-57-56-49)15-30(24)59(50,51)52;1-17-13-25(43-44-27-16-21(58-57-56-46)7-9-28(27)60(49,50)51)18(2)12-24(17)42-41-23-8-6-20(15-26(23)37-30(34)45)36-32-39-29(33)38-31(40-32)35-19-4-3-5-22(14-19)59(47,48)11-10-55-61(52,53)54;/h4-16,49H,1-3H3,(H3,37,40,48)(H,50,51,52)(H,53,54,55)(H2,38,39,41,42,43);3-9,12-16,46H,10-11H2,1-2H3,(H3,34,37,45)(H,49,50,51)(H,52,53,54)(H2,35,36,38,39,40);1H4. The molecular formula is C68H64Cl2N22O23S7. The molecular weight excluding hydrogens is 1790 g/mol. The number of primary amides is 2. The molecule has 2 heterocycles. The van der Waals surface area contributed by atoms with Crippen molar-refractivity contribution in [2.45, 2.75) is 71.4 Å². The van der Waals surface area contributed by atoms with Gasteiger partial charge in [0.2, 0.25) is 34.4 Å². The van der Waals surface area contributed by atoms with Gasteiger partial charge >= 0.3 is 22.5 Å². The minimum absolute atomic E-state index is 0. The van der Waals surface area contributed by atoms with Crippen molar-refractivity contribution >= 4 is 224 Å². The lowest BCUT2D eigenvalue weighted by Gasteiger charge is -2.12. The van der Waals surface area contributed by atoms with E-state index in [1.165, 1.54) is 60.7 Å². The number of aryl methyl sites for hydroxylation is 5. The molecule has 0 radical (unpaired) electrons. The average molecular weight is 1850 g/mol. The van der Waals surface area contributed by atoms with Crippen molar-refractivity contribution in [3.8, 4) is 0 Å². The monoisotopic (exact) mass is 1850 g/mol. The Morgan fingerprint density at radius 3 is 1.25 bits per heavy atom. The molecule has 11 aromatic rings. The van der Waals surface area contributed by atoms with Crippen molar-refractivity contribution in [2.24, 2.45) is 52.4 Å². The largest absolute Gasteiger partial charge is 0.397 e. The number of fused-ring (bicyclic) bond motifs is 1. The summed E-state index contributed by atoms with van der Waals surface area (Å²) in [7, 11) is -23.4. The molecule has 0 aliphatic heterocycles. The molecule has 4 amide bonds. The molecule has 0 unspecified atom stereocenters. The Balaban J connectivity index is 0.000000275. The van der Waals surface area contributed by atoms with Gasteiger partial charge in [-0.15, -0.1) is 29.1 Å². The summed E-state index contributed by atoms with van der Waals surface area (Å²) in [5.74, 6) is -0.658. The van der Waals surface area contributed by atoms with E-state index in [0.717, 1.165) is 35.5 Å². The zero-order chi connectivity index (χ0) is 87.9. The number of urea groups is 2. The van der Waals surface area contributed by atoms with Crippen LogP contribution in [0.5, 0.6) is 0 Å². The van der Waals surface area contributed by atoms with Crippen LogP contribution in [0.25, 0.3) is 10.8 Å². The lowest BCUT2D eigenvalue weighted by molar-refractivity contribution is -0.432. The number of hydrogen-bond donors (Lipinski definition) is 14. The lowest BCUT2D eigenvalue weighted by atomic mass is 10.1. The highest BCUT2D eigenvalue weighted by Crippen LogP contribution is 2.42. The van der Waals surface area contributed by atoms with Gasteiger partial charge in [0.1, 0.15) is 37.4 Å². The first kappa shape index (κ1) is 93.9. The molecule has 0 saturated heterocycles. The molecule has 0 saturated carbocycles. The summed E-state index contributed by atoms with van der Waals surface area (Å²) in [6.07, 6.45) is 0. The van der Waals surface area contributed by atoms with Crippen LogP contribution >= 0.6 is 47.3 Å². The first-order valence-corrected chi connectivity index (χ1v) is 42.8. The fraction of sp³-hybridized carbons (Fsp3) is 0.118. The van der Waals surface area contributed by atoms with E-state index in [4.69, 9.17) is 49.7 Å². The molecule has 11 rings (SSSR count). The summed E-state index contributed by atoms with van der Waals surface area (Å²) in [4.78, 5) is 46.9. The highest BCUT2D eigenvalue weighted by molar-refractivity contribution is 7.95. The normalized spacial score (nSPS) is 12.0. The highest BCUT2D eigenvalue weighted by Gasteiger charge is 2.25. The predicted octanol–water partition coefficient (Wildman–Crippen LogP) is 17.2. The van der Waals surface area contributed by atoms with Crippen molar-refractivity contribution in [1.82, 2.24) is 29.9 Å². The van der Waals surface area contributed by atoms with Gasteiger partial charge in [0.05, 0.1) is 75.5 Å². The zero-order valence-electron chi connectivity index (χ0n) is 62.0. The SMILES string of the molecule is C.Cc1cc(N=Nc2cc(SOOO)ccc2S(=O)(=O)O)c(C)cc1N=Nc1ccc(Nc2nc(Cl)nc(Nc3cccc(S(=O)(=O)CCOS(=O)(=O)O)c3)n2)cc1NC(N)=O.Cc1cccc(Nc2nc(Cl)nc(Nc3ccc(N=Nc4cc(C)c(N=Nc5cc6c(S(=O)(=O)O)cc(SOOO)cc6cc5S(=O)(=O)O)cc4C)c(NC(N)=O)c3)n2)c1. The molecule has 0 fully saturated rings. The van der Waals surface area contributed by atoms with Crippen LogP contribution in [0.2, 0.25) is 10.6 Å². The fourth-order valence-electron chi connectivity index (χ4n) is 10.4. The summed E-state index contributed by atoms with van der Waals surface area (Å²) < 4.78 is 171. The third-order valence-electron chi connectivity index (χ3n) is 15.7. The highest BCUT2D eigenvalue weighted by atomic mass is 35.5. The molecule has 0 aliphatic carbocycles. The van der Waals surface area contributed by atoms with Crippen molar-refractivity contribution < 1.29 is 103 Å². The second kappa shape index (κ2) is 40.6. The maximum Gasteiger partial charge on any atom is 0.397 e. The van der Waals surface area contributed by atoms with E-state index < -0.39 is 95.4 Å². The third-order valence-corrected chi connectivity index (χ3v) is 22.0. The first-order valence-electron chi connectivity index (χ1n) is 33.3. The van der Waals surface area contributed by atoms with Gasteiger partial charge in [-0.2, -0.15) is 84.0 Å². The molecule has 0 bridgehead atoms. The van der Waals surface area contributed by atoms with E-state index in [2.05, 4.69) is 126 Å². The summed E-state index contributed by atoms with van der Waals surface area (Å²) >= 11 is 13.2. The van der Waals surface area contributed by atoms with Gasteiger partial charge in [0.15, 0.2) is 9.84 Å². The Bertz CT molecular complexity index is 6620. The Labute approximate surface area is 710 Å². The number of azo groups is 4. The summed E-state index contributed by atoms with van der Waals surface area (Å²) in [6.45, 7) is 7.85. The Morgan fingerprint density at radius 1 is 0.426 bits per heavy atom. The maximum absolute atomic E-state index is 12.7. The fourth-order valence-corrected chi connectivity index (χ4v) is 15.2. The van der Waals surface area contributed by atoms with Crippen LogP contribution in [-0.2, 0) is 73.5 Å². The van der Waals surface area contributed by atoms with Gasteiger partial charge < -0.3 is 43.4 Å². The molecule has 640 valence electrons. The molecule has 0 spiro atoms. The predicted molar refractivity (Wildman–Crippen MR) is 446 cm³/mol. The number of halogens is 2. The summed E-state index contributed by atoms with van der Waals surface area (Å²) in [5.41, 5.74) is 17.0. The molecule has 16 N–H and O–H groups in total. The van der Waals surface area contributed by atoms with E-state index in [0.29, 0.717) is 74.8 Å². The van der Waals surface area contributed by atoms with Crippen LogP contribution in [0.1, 0.15) is 35.2 Å². The molecule has 122 heavy (non-hydrogen) atoms. The second-order valence-electron chi connectivity index (χ2n) is 24.5. The number of nitrogens with two attached hydrogens (primary N) is 2. The van der Waals surface area contributed by atoms with Crippen LogP contribution in [0, 0.1) is 34.6 Å². The van der Waals surface area contributed by atoms with Gasteiger partial charge in [-0.25, -0.2) is 32.7 Å². The topological polar surface area (TPSA) is 673 Å². The number of carbonyl (C=O) groups excluding carboxylic acids is 2. The van der Waals surface area contributed by atoms with E-state index in [1.54, 1.807) is 70.2 Å². The molecule has 0 aliphatic rings. The smallest absolute Gasteiger partial charge is 0.351 e. The van der Waals surface area contributed by atoms with Gasteiger partial charge in [0.25, 0.3) is 30.4 Å². The Hall–Kier alpha value is -12.0. The van der Waals surface area contributed by atoms with E-state index in [1.807, 2.05) is 31.2 Å². The average Bonchev–Trinajstić information content (AvgIpc) is 0.756. The summed E-state index contributed by atoms with van der Waals surface area (Å²) in [5, 5.41) is 73.7. The van der Waals surface area contributed by atoms with Gasteiger partial charge in [0, 0.05) is 37.9 Å². The number of nitrogens with zero attached hydrogens (tertiary/aromatic N) is 14. The number of nitrogens with one attached hydrogen (secondary N) is 6. The van der Waals surface area contributed by atoms with E-state index in [9.17, 15) is 65.3 Å². The molecule has 45 nitrogen and oxygen atoms in total. The number of benzene rings is 9. The number of carbonyl (C=O) groups is 2. The number of hydrogen-bond acceptors (Lipinski definition) is 39. The van der Waals surface area contributed by atoms with Crippen LogP contribution in [0.4, 0.5) is 113 Å². The first-order chi connectivity index (χ1) is 57.0. The van der Waals surface area contributed by atoms with E-state index in [-0.39, 0.29) is 107 Å². The maximum atomic E-state index is 12.7. The van der Waals surface area contributed by atoms with Gasteiger partial charge in [-0.05, 0) is 224 Å². The molecule has 2 aromatic heterocycles. The van der Waals surface area contributed by atoms with Crippen molar-refractivity contribution in [1.29, 1.82) is 0 Å². The third kappa shape index (κ3) is 26.7. The zero-order valence-corrected chi connectivity index (χ0v) is 69.2. The Morgan fingerprint density at radius 2 is 0.828 bits per heavy atom. The molecule has 9 aromatic carbocycles.